The van der Waals surface area contributed by atoms with Crippen LogP contribution >= 0.6 is 23.5 Å². The van der Waals surface area contributed by atoms with E-state index in [1.165, 1.54) is 29.1 Å². The summed E-state index contributed by atoms with van der Waals surface area (Å²) in [6.45, 7) is 0. The average Bonchev–Trinajstić information content (AvgIpc) is 3.15. The number of hydrogen-bond acceptors (Lipinski definition) is 7. The van der Waals surface area contributed by atoms with E-state index in [-0.39, 0.29) is 10.7 Å². The van der Waals surface area contributed by atoms with E-state index in [0.717, 1.165) is 15.7 Å². The van der Waals surface area contributed by atoms with Gasteiger partial charge >= 0.3 is 0 Å². The molecule has 98 valence electrons. The van der Waals surface area contributed by atoms with E-state index >= 15 is 0 Å². The first-order valence-corrected chi connectivity index (χ1v) is 7.57. The van der Waals surface area contributed by atoms with Gasteiger partial charge in [-0.3, -0.25) is 4.98 Å². The summed E-state index contributed by atoms with van der Waals surface area (Å²) < 4.78 is 8.24. The molecule has 0 N–H and O–H groups in total. The van der Waals surface area contributed by atoms with Crippen LogP contribution in [0.5, 0.6) is 5.75 Å². The molecule has 8 heteroatoms. The molecule has 2 atom stereocenters. The first kappa shape index (κ1) is 11.8. The van der Waals surface area contributed by atoms with Gasteiger partial charge in [-0.2, -0.15) is 10.4 Å². The fourth-order valence-corrected chi connectivity index (χ4v) is 5.06. The van der Waals surface area contributed by atoms with Crippen LogP contribution in [0.3, 0.4) is 0 Å². The van der Waals surface area contributed by atoms with Gasteiger partial charge in [0.1, 0.15) is 35.4 Å². The van der Waals surface area contributed by atoms with E-state index < -0.39 is 0 Å². The van der Waals surface area contributed by atoms with Crippen molar-refractivity contribution in [2.45, 2.75) is 10.7 Å². The molecular weight excluding hydrogens is 294 g/mol. The number of thioether (sulfide) groups is 2. The van der Waals surface area contributed by atoms with Gasteiger partial charge in [0.2, 0.25) is 0 Å². The average molecular weight is 301 g/mol. The lowest BCUT2D eigenvalue weighted by Crippen LogP contribution is -2.06. The van der Waals surface area contributed by atoms with E-state index in [1.54, 1.807) is 18.0 Å². The van der Waals surface area contributed by atoms with Crippen LogP contribution < -0.4 is 4.74 Å². The summed E-state index contributed by atoms with van der Waals surface area (Å²) >= 11 is 3.14. The van der Waals surface area contributed by atoms with Gasteiger partial charge < -0.3 is 4.74 Å². The molecule has 0 radical (unpaired) electrons. The third kappa shape index (κ3) is 1.71. The van der Waals surface area contributed by atoms with Crippen molar-refractivity contribution in [1.82, 2.24) is 19.7 Å². The van der Waals surface area contributed by atoms with Crippen LogP contribution in [0.2, 0.25) is 0 Å². The first-order valence-electron chi connectivity index (χ1n) is 5.81. The number of nitriles is 1. The lowest BCUT2D eigenvalue weighted by molar-refractivity contribution is 0.323. The predicted octanol–water partition coefficient (Wildman–Crippen LogP) is 2.26. The molecule has 0 amide bonds. The molecule has 2 aliphatic heterocycles. The number of aromatic nitrogens is 4. The number of fused-ring (bicyclic) bond motifs is 3. The maximum Gasteiger partial charge on any atom is 0.167 e. The van der Waals surface area contributed by atoms with Gasteiger partial charge in [0.25, 0.3) is 0 Å². The highest BCUT2D eigenvalue weighted by Crippen LogP contribution is 2.61. The second-order valence-corrected chi connectivity index (χ2v) is 6.64. The van der Waals surface area contributed by atoms with E-state index in [9.17, 15) is 5.26 Å². The van der Waals surface area contributed by atoms with E-state index in [4.69, 9.17) is 4.74 Å². The van der Waals surface area contributed by atoms with Crippen LogP contribution in [0.1, 0.15) is 10.9 Å². The third-order valence-electron chi connectivity index (χ3n) is 2.96. The van der Waals surface area contributed by atoms with Crippen molar-refractivity contribution >= 4 is 29.2 Å². The van der Waals surface area contributed by atoms with Crippen LogP contribution in [0.25, 0.3) is 5.70 Å². The highest BCUT2D eigenvalue weighted by Gasteiger charge is 2.44. The van der Waals surface area contributed by atoms with Crippen molar-refractivity contribution in [3.63, 3.8) is 0 Å². The number of ether oxygens (including phenoxy) is 1. The Labute approximate surface area is 122 Å². The summed E-state index contributed by atoms with van der Waals surface area (Å²) in [5.41, 5.74) is 1.39. The van der Waals surface area contributed by atoms with Crippen LogP contribution in [-0.4, -0.2) is 25.2 Å². The molecular formula is C12H7N5OS2. The zero-order valence-electron chi connectivity index (χ0n) is 10.0. The molecule has 0 spiro atoms. The Hall–Kier alpha value is -1.98. The van der Waals surface area contributed by atoms with Gasteiger partial charge in [0.05, 0.1) is 4.24 Å². The zero-order chi connectivity index (χ0) is 13.5. The monoisotopic (exact) mass is 301 g/mol. The van der Waals surface area contributed by atoms with E-state index in [1.807, 2.05) is 12.1 Å². The van der Waals surface area contributed by atoms with Crippen molar-refractivity contribution in [1.29, 1.82) is 5.26 Å². The molecule has 2 aromatic heterocycles. The fourth-order valence-electron chi connectivity index (χ4n) is 2.10. The van der Waals surface area contributed by atoms with Crippen LogP contribution in [-0.2, 0) is 0 Å². The molecule has 20 heavy (non-hydrogen) atoms. The lowest BCUT2D eigenvalue weighted by atomic mass is 10.3. The van der Waals surface area contributed by atoms with Gasteiger partial charge in [-0.1, -0.05) is 11.8 Å². The maximum absolute atomic E-state index is 9.34. The largest absolute Gasteiger partial charge is 0.476 e. The number of pyridine rings is 1. The van der Waals surface area contributed by atoms with Crippen molar-refractivity contribution in [2.24, 2.45) is 0 Å². The zero-order valence-corrected chi connectivity index (χ0v) is 11.6. The Kier molecular flexibility index (Phi) is 2.68. The number of hydrogen-bond donors (Lipinski definition) is 0. The van der Waals surface area contributed by atoms with E-state index in [2.05, 4.69) is 21.1 Å². The van der Waals surface area contributed by atoms with Gasteiger partial charge in [-0.15, -0.1) is 11.8 Å². The first-order chi connectivity index (χ1) is 9.86. The van der Waals surface area contributed by atoms with Crippen molar-refractivity contribution < 1.29 is 4.74 Å². The number of allylic oxidation sites excluding steroid dienone is 1. The SMILES string of the molecule is N#C/C(=C1/SC2Oc3cccnc3C2S1)n1cncn1. The number of nitrogens with zero attached hydrogens (tertiary/aromatic N) is 5. The second-order valence-electron chi connectivity index (χ2n) is 4.12. The van der Waals surface area contributed by atoms with Gasteiger partial charge in [-0.05, 0) is 12.1 Å². The highest BCUT2D eigenvalue weighted by atomic mass is 32.2. The third-order valence-corrected chi connectivity index (χ3v) is 5.85. The quantitative estimate of drug-likeness (QED) is 0.748. The fraction of sp³-hybridized carbons (Fsp3) is 0.167. The van der Waals surface area contributed by atoms with Crippen LogP contribution in [0, 0.1) is 11.3 Å². The number of rotatable bonds is 1. The maximum atomic E-state index is 9.34. The Balaban J connectivity index is 1.72. The molecule has 1 fully saturated rings. The second kappa shape index (κ2) is 4.54. The molecule has 1 saturated heterocycles. The molecule has 2 unspecified atom stereocenters. The molecule has 0 bridgehead atoms. The standard InChI is InChI=1S/C12H7N5OS2/c13-4-7(17-6-14-5-16-17)12-19-10-9-8(2-1-3-15-9)18-11(10)20-12/h1-3,5-6,10-11H/b12-7-. The minimum Gasteiger partial charge on any atom is -0.476 e. The molecule has 6 nitrogen and oxygen atoms in total. The lowest BCUT2D eigenvalue weighted by Gasteiger charge is -2.05. The highest BCUT2D eigenvalue weighted by molar-refractivity contribution is 8.25. The Morgan fingerprint density at radius 1 is 1.45 bits per heavy atom. The minimum atomic E-state index is -0.0354. The molecule has 0 aliphatic carbocycles. The molecule has 4 rings (SSSR count). The summed E-state index contributed by atoms with van der Waals surface area (Å²) in [6, 6.07) is 5.97. The normalized spacial score (nSPS) is 25.6. The van der Waals surface area contributed by atoms with E-state index in [0.29, 0.717) is 5.70 Å². The molecule has 2 aliphatic rings. The molecule has 0 saturated carbocycles. The predicted molar refractivity (Wildman–Crippen MR) is 75.4 cm³/mol. The van der Waals surface area contributed by atoms with Gasteiger partial charge in [0.15, 0.2) is 11.1 Å². The summed E-state index contributed by atoms with van der Waals surface area (Å²) in [4.78, 5) is 8.26. The van der Waals surface area contributed by atoms with Crippen LogP contribution in [0.15, 0.2) is 35.2 Å². The summed E-state index contributed by atoms with van der Waals surface area (Å²) in [5, 5.41) is 13.5. The van der Waals surface area contributed by atoms with Crippen molar-refractivity contribution in [3.05, 3.63) is 40.9 Å². The Morgan fingerprint density at radius 2 is 2.40 bits per heavy atom. The van der Waals surface area contributed by atoms with Crippen molar-refractivity contribution in [3.8, 4) is 11.8 Å². The smallest absolute Gasteiger partial charge is 0.167 e. The summed E-state index contributed by atoms with van der Waals surface area (Å²) in [7, 11) is 0. The Bertz CT molecular complexity index is 737. The summed E-state index contributed by atoms with van der Waals surface area (Å²) in [6.07, 6.45) is 4.70. The summed E-state index contributed by atoms with van der Waals surface area (Å²) in [5.74, 6) is 0.834. The van der Waals surface area contributed by atoms with Gasteiger partial charge in [-0.25, -0.2) is 9.67 Å². The Morgan fingerprint density at radius 3 is 3.20 bits per heavy atom. The molecule has 0 aromatic carbocycles. The molecule has 2 aromatic rings. The van der Waals surface area contributed by atoms with Crippen molar-refractivity contribution in [2.75, 3.05) is 0 Å². The minimum absolute atomic E-state index is 0.0354. The van der Waals surface area contributed by atoms with Crippen LogP contribution in [0.4, 0.5) is 0 Å². The van der Waals surface area contributed by atoms with Gasteiger partial charge in [0, 0.05) is 6.20 Å². The topological polar surface area (TPSA) is 76.6 Å². The molecule has 4 heterocycles.